The highest BCUT2D eigenvalue weighted by molar-refractivity contribution is 5.91. The number of fused-ring (bicyclic) bond motifs is 1. The molecule has 31 heavy (non-hydrogen) atoms. The van der Waals surface area contributed by atoms with E-state index in [4.69, 9.17) is 14.7 Å². The third-order valence-electron chi connectivity index (χ3n) is 5.14. The summed E-state index contributed by atoms with van der Waals surface area (Å²) in [6.45, 7) is 1.78. The van der Waals surface area contributed by atoms with E-state index in [2.05, 4.69) is 10.3 Å². The first kappa shape index (κ1) is 20.6. The molecule has 1 aromatic heterocycles. The minimum atomic E-state index is -0.773. The number of carbonyl (C=O) groups is 1. The lowest BCUT2D eigenvalue weighted by Crippen LogP contribution is -2.39. The number of halogens is 2. The summed E-state index contributed by atoms with van der Waals surface area (Å²) in [4.78, 5) is 18.5. The quantitative estimate of drug-likeness (QED) is 0.781. The number of nitrogens with zero attached hydrogens (tertiary/aromatic N) is 3. The Labute approximate surface area is 177 Å². The van der Waals surface area contributed by atoms with Crippen LogP contribution in [0.1, 0.15) is 30.4 Å². The molecule has 0 atom stereocenters. The summed E-state index contributed by atoms with van der Waals surface area (Å²) in [5, 5.41) is 11.6. The summed E-state index contributed by atoms with van der Waals surface area (Å²) in [5.74, 6) is -0.780. The number of hydrogen-bond acceptors (Lipinski definition) is 5. The number of carbonyl (C=O) groups excluding carboxylic acids is 1. The number of pyridine rings is 1. The molecule has 2 aliphatic rings. The zero-order valence-corrected chi connectivity index (χ0v) is 16.7. The molecule has 1 N–H and O–H groups in total. The Morgan fingerprint density at radius 1 is 1.19 bits per heavy atom. The molecule has 2 amide bonds. The molecule has 9 heteroatoms. The molecule has 7 nitrogen and oxygen atoms in total. The number of aromatic nitrogens is 1. The molecule has 0 bridgehead atoms. The van der Waals surface area contributed by atoms with Crippen molar-refractivity contribution in [3.8, 4) is 17.7 Å². The van der Waals surface area contributed by atoms with Gasteiger partial charge in [-0.1, -0.05) is 5.57 Å². The molecule has 2 aromatic rings. The van der Waals surface area contributed by atoms with E-state index in [1.54, 1.807) is 23.2 Å². The van der Waals surface area contributed by atoms with Crippen molar-refractivity contribution in [2.75, 3.05) is 31.6 Å². The number of amides is 2. The fourth-order valence-corrected chi connectivity index (χ4v) is 3.50. The van der Waals surface area contributed by atoms with E-state index in [0.717, 1.165) is 24.1 Å². The number of nitriles is 1. The van der Waals surface area contributed by atoms with E-state index in [1.165, 1.54) is 6.08 Å². The molecule has 1 aromatic carbocycles. The summed E-state index contributed by atoms with van der Waals surface area (Å²) >= 11 is 0. The summed E-state index contributed by atoms with van der Waals surface area (Å²) in [7, 11) is 0. The van der Waals surface area contributed by atoms with Crippen LogP contribution in [0.2, 0.25) is 0 Å². The molecule has 0 aliphatic carbocycles. The zero-order chi connectivity index (χ0) is 21.8. The van der Waals surface area contributed by atoms with Crippen LogP contribution in [-0.2, 0) is 0 Å². The van der Waals surface area contributed by atoms with E-state index < -0.39 is 11.6 Å². The first-order valence-electron chi connectivity index (χ1n) is 9.94. The van der Waals surface area contributed by atoms with Crippen LogP contribution in [0.4, 0.5) is 19.3 Å². The Hall–Kier alpha value is -3.67. The van der Waals surface area contributed by atoms with Crippen LogP contribution in [0.3, 0.4) is 0 Å². The van der Waals surface area contributed by atoms with Crippen LogP contribution in [-0.4, -0.2) is 42.2 Å². The molecular weight excluding hydrogens is 406 g/mol. The number of rotatable bonds is 2. The van der Waals surface area contributed by atoms with E-state index in [0.29, 0.717) is 56.5 Å². The van der Waals surface area contributed by atoms with Crippen LogP contribution >= 0.6 is 0 Å². The highest BCUT2D eigenvalue weighted by atomic mass is 19.1. The minimum absolute atomic E-state index is 0.0629. The van der Waals surface area contributed by atoms with Crippen LogP contribution in [0.5, 0.6) is 11.6 Å². The Kier molecular flexibility index (Phi) is 5.98. The van der Waals surface area contributed by atoms with E-state index in [9.17, 15) is 13.6 Å². The van der Waals surface area contributed by atoms with Gasteiger partial charge in [0.2, 0.25) is 5.75 Å². The molecule has 0 spiro atoms. The molecule has 3 heterocycles. The monoisotopic (exact) mass is 426 g/mol. The topological polar surface area (TPSA) is 87.5 Å². The molecule has 2 aliphatic heterocycles. The number of ether oxygens (including phenoxy) is 2. The van der Waals surface area contributed by atoms with Crippen LogP contribution in [0, 0.1) is 23.0 Å². The standard InChI is InChI=1S/C22H20F2N4O3/c23-17-11-15(13-25)12-18(24)16(17)10-14-3-6-28(7-4-14)22(29)27-19-2-5-26-21-20(19)30-8-1-9-31-21/h2,5,10-12H,1,3-4,6-9H2,(H,26,27,29). The van der Waals surface area contributed by atoms with E-state index >= 15 is 0 Å². The summed E-state index contributed by atoms with van der Waals surface area (Å²) < 4.78 is 39.5. The van der Waals surface area contributed by atoms with Gasteiger partial charge >= 0.3 is 6.03 Å². The Morgan fingerprint density at radius 3 is 2.61 bits per heavy atom. The van der Waals surface area contributed by atoms with Gasteiger partial charge in [-0.25, -0.2) is 18.6 Å². The van der Waals surface area contributed by atoms with Gasteiger partial charge < -0.3 is 19.7 Å². The first-order chi connectivity index (χ1) is 15.0. The van der Waals surface area contributed by atoms with Crippen molar-refractivity contribution < 1.29 is 23.0 Å². The lowest BCUT2D eigenvalue weighted by Gasteiger charge is -2.29. The fourth-order valence-electron chi connectivity index (χ4n) is 3.50. The summed E-state index contributed by atoms with van der Waals surface area (Å²) in [5.41, 5.74) is 1.09. The van der Waals surface area contributed by atoms with Gasteiger partial charge in [0.15, 0.2) is 0 Å². The molecular formula is C22H20F2N4O3. The summed E-state index contributed by atoms with van der Waals surface area (Å²) in [6.07, 6.45) is 4.71. The van der Waals surface area contributed by atoms with Crippen molar-refractivity contribution in [2.24, 2.45) is 0 Å². The van der Waals surface area contributed by atoms with Gasteiger partial charge in [0.1, 0.15) is 11.6 Å². The smallest absolute Gasteiger partial charge is 0.321 e. The molecule has 0 unspecified atom stereocenters. The molecule has 160 valence electrons. The van der Waals surface area contributed by atoms with Crippen LogP contribution < -0.4 is 14.8 Å². The lowest BCUT2D eigenvalue weighted by atomic mass is 10.00. The molecule has 0 radical (unpaired) electrons. The van der Waals surface area contributed by atoms with Gasteiger partial charge in [0.25, 0.3) is 5.88 Å². The number of likely N-dealkylation sites (tertiary alicyclic amines) is 1. The number of hydrogen-bond donors (Lipinski definition) is 1. The van der Waals surface area contributed by atoms with Gasteiger partial charge in [0, 0.05) is 31.3 Å². The third kappa shape index (κ3) is 4.58. The van der Waals surface area contributed by atoms with E-state index in [-0.39, 0.29) is 17.2 Å². The Bertz CT molecular complexity index is 1050. The van der Waals surface area contributed by atoms with E-state index in [1.807, 2.05) is 0 Å². The number of piperidine rings is 1. The number of nitrogens with one attached hydrogen (secondary N) is 1. The van der Waals surface area contributed by atoms with Crippen molar-refractivity contribution in [3.63, 3.8) is 0 Å². The predicted molar refractivity (Wildman–Crippen MR) is 109 cm³/mol. The Balaban J connectivity index is 1.41. The van der Waals surface area contributed by atoms with Crippen molar-refractivity contribution >= 4 is 17.8 Å². The Morgan fingerprint density at radius 2 is 1.90 bits per heavy atom. The van der Waals surface area contributed by atoms with Crippen molar-refractivity contribution in [1.82, 2.24) is 9.88 Å². The largest absolute Gasteiger partial charge is 0.486 e. The second kappa shape index (κ2) is 9.00. The van der Waals surface area contributed by atoms with Crippen molar-refractivity contribution in [2.45, 2.75) is 19.3 Å². The van der Waals surface area contributed by atoms with Crippen LogP contribution in [0.15, 0.2) is 30.0 Å². The van der Waals surface area contributed by atoms with Gasteiger partial charge in [-0.15, -0.1) is 0 Å². The molecule has 0 saturated carbocycles. The third-order valence-corrected chi connectivity index (χ3v) is 5.14. The second-order valence-corrected chi connectivity index (χ2v) is 7.23. The van der Waals surface area contributed by atoms with Crippen molar-refractivity contribution in [3.05, 3.63) is 52.7 Å². The van der Waals surface area contributed by atoms with Gasteiger partial charge in [-0.2, -0.15) is 5.26 Å². The number of benzene rings is 1. The summed E-state index contributed by atoms with van der Waals surface area (Å²) in [6, 6.07) is 5.11. The second-order valence-electron chi connectivity index (χ2n) is 7.23. The molecule has 1 fully saturated rings. The lowest BCUT2D eigenvalue weighted by molar-refractivity contribution is 0.207. The van der Waals surface area contributed by atoms with Gasteiger partial charge in [0.05, 0.1) is 30.5 Å². The maximum atomic E-state index is 14.1. The maximum absolute atomic E-state index is 14.1. The molecule has 4 rings (SSSR count). The van der Waals surface area contributed by atoms with Crippen LogP contribution in [0.25, 0.3) is 6.08 Å². The van der Waals surface area contributed by atoms with Crippen molar-refractivity contribution in [1.29, 1.82) is 5.26 Å². The SMILES string of the molecule is N#Cc1cc(F)c(C=C2CCN(C(=O)Nc3ccnc4c3OCCCO4)CC2)c(F)c1. The highest BCUT2D eigenvalue weighted by Crippen LogP contribution is 2.35. The average molecular weight is 426 g/mol. The van der Waals surface area contributed by atoms with Gasteiger partial charge in [-0.3, -0.25) is 0 Å². The highest BCUT2D eigenvalue weighted by Gasteiger charge is 2.23. The average Bonchev–Trinajstić information content (AvgIpc) is 3.03. The number of anilines is 1. The van der Waals surface area contributed by atoms with Gasteiger partial charge in [-0.05, 0) is 37.1 Å². The molecule has 1 saturated heterocycles. The maximum Gasteiger partial charge on any atom is 0.321 e. The predicted octanol–water partition coefficient (Wildman–Crippen LogP) is 4.10. The number of urea groups is 1. The minimum Gasteiger partial charge on any atom is -0.486 e. The fraction of sp³-hybridized carbons (Fsp3) is 0.318. The zero-order valence-electron chi connectivity index (χ0n) is 16.7. The first-order valence-corrected chi connectivity index (χ1v) is 9.94. The normalized spacial score (nSPS) is 15.6.